The fourth-order valence-corrected chi connectivity index (χ4v) is 1.57. The third-order valence-electron chi connectivity index (χ3n) is 2.58. The van der Waals surface area contributed by atoms with E-state index in [-0.39, 0.29) is 6.61 Å². The van der Waals surface area contributed by atoms with E-state index in [4.69, 9.17) is 14.6 Å². The Morgan fingerprint density at radius 1 is 1.33 bits per heavy atom. The van der Waals surface area contributed by atoms with Crippen molar-refractivity contribution >= 4 is 12.0 Å². The van der Waals surface area contributed by atoms with Gasteiger partial charge in [0, 0.05) is 18.2 Å². The van der Waals surface area contributed by atoms with Crippen LogP contribution >= 0.6 is 0 Å². The molecule has 0 amide bonds. The van der Waals surface area contributed by atoms with Crippen LogP contribution in [0.3, 0.4) is 0 Å². The topological polar surface area (TPSA) is 55.8 Å². The van der Waals surface area contributed by atoms with E-state index in [1.165, 1.54) is 12.1 Å². The summed E-state index contributed by atoms with van der Waals surface area (Å²) in [6, 6.07) is 4.52. The standard InChI is InChI=1S/C16H21FO4/c1-12(2)10-20-7-8-21-11-14-5-3-13(9-15(14)17)4-6-16(18)19/h3-6,9,12H,7-8,10-11H2,1-2H3,(H,18,19)/b6-4+. The summed E-state index contributed by atoms with van der Waals surface area (Å²) in [6.07, 6.45) is 2.31. The van der Waals surface area contributed by atoms with Gasteiger partial charge in [-0.3, -0.25) is 0 Å². The van der Waals surface area contributed by atoms with Crippen molar-refractivity contribution in [3.05, 3.63) is 41.2 Å². The number of carboxylic acids is 1. The van der Waals surface area contributed by atoms with Gasteiger partial charge in [-0.15, -0.1) is 0 Å². The van der Waals surface area contributed by atoms with Crippen LogP contribution in [-0.4, -0.2) is 30.9 Å². The van der Waals surface area contributed by atoms with Gasteiger partial charge in [-0.05, 0) is 23.6 Å². The molecule has 0 spiro atoms. The molecule has 1 aromatic carbocycles. The minimum absolute atomic E-state index is 0.166. The van der Waals surface area contributed by atoms with Gasteiger partial charge in [-0.25, -0.2) is 9.18 Å². The van der Waals surface area contributed by atoms with E-state index in [1.54, 1.807) is 12.1 Å². The fraction of sp³-hybridized carbons (Fsp3) is 0.438. The van der Waals surface area contributed by atoms with E-state index in [1.807, 2.05) is 0 Å². The third-order valence-corrected chi connectivity index (χ3v) is 2.58. The van der Waals surface area contributed by atoms with Crippen LogP contribution in [0, 0.1) is 11.7 Å². The maximum atomic E-state index is 13.8. The van der Waals surface area contributed by atoms with Crippen LogP contribution in [0.2, 0.25) is 0 Å². The second kappa shape index (κ2) is 9.26. The van der Waals surface area contributed by atoms with Crippen molar-refractivity contribution in [2.24, 2.45) is 5.92 Å². The molecule has 0 unspecified atom stereocenters. The number of ether oxygens (including phenoxy) is 2. The zero-order chi connectivity index (χ0) is 15.7. The van der Waals surface area contributed by atoms with Crippen molar-refractivity contribution < 1.29 is 23.8 Å². The van der Waals surface area contributed by atoms with Crippen LogP contribution in [0.5, 0.6) is 0 Å². The van der Waals surface area contributed by atoms with Crippen LogP contribution in [-0.2, 0) is 20.9 Å². The lowest BCUT2D eigenvalue weighted by molar-refractivity contribution is -0.131. The second-order valence-corrected chi connectivity index (χ2v) is 5.04. The molecule has 1 rings (SSSR count). The summed E-state index contributed by atoms with van der Waals surface area (Å²) in [7, 11) is 0. The summed E-state index contributed by atoms with van der Waals surface area (Å²) >= 11 is 0. The Hall–Kier alpha value is -1.72. The minimum Gasteiger partial charge on any atom is -0.478 e. The molecule has 0 fully saturated rings. The minimum atomic E-state index is -1.07. The molecule has 0 atom stereocenters. The van der Waals surface area contributed by atoms with Gasteiger partial charge < -0.3 is 14.6 Å². The predicted molar refractivity (Wildman–Crippen MR) is 78.4 cm³/mol. The lowest BCUT2D eigenvalue weighted by atomic mass is 10.1. The lowest BCUT2D eigenvalue weighted by Gasteiger charge is -2.08. The molecule has 0 bridgehead atoms. The summed E-state index contributed by atoms with van der Waals surface area (Å²) in [5, 5.41) is 8.51. The van der Waals surface area contributed by atoms with Gasteiger partial charge in [0.1, 0.15) is 5.82 Å². The van der Waals surface area contributed by atoms with Gasteiger partial charge in [-0.1, -0.05) is 26.0 Å². The monoisotopic (exact) mass is 296 g/mol. The van der Waals surface area contributed by atoms with Gasteiger partial charge >= 0.3 is 5.97 Å². The maximum Gasteiger partial charge on any atom is 0.328 e. The molecule has 21 heavy (non-hydrogen) atoms. The molecule has 1 aromatic rings. The molecule has 116 valence electrons. The van der Waals surface area contributed by atoms with E-state index < -0.39 is 11.8 Å². The van der Waals surface area contributed by atoms with Crippen molar-refractivity contribution in [1.82, 2.24) is 0 Å². The molecule has 0 heterocycles. The Kier molecular flexibility index (Phi) is 7.64. The Bertz CT molecular complexity index is 483. The number of carbonyl (C=O) groups is 1. The quantitative estimate of drug-likeness (QED) is 0.562. The number of benzene rings is 1. The molecule has 0 aliphatic heterocycles. The largest absolute Gasteiger partial charge is 0.478 e. The van der Waals surface area contributed by atoms with E-state index in [0.29, 0.717) is 36.9 Å². The number of hydrogen-bond donors (Lipinski definition) is 1. The first-order valence-electron chi connectivity index (χ1n) is 6.84. The molecule has 0 aliphatic rings. The van der Waals surface area contributed by atoms with Crippen LogP contribution in [0.15, 0.2) is 24.3 Å². The summed E-state index contributed by atoms with van der Waals surface area (Å²) < 4.78 is 24.5. The molecular formula is C16H21FO4. The van der Waals surface area contributed by atoms with Crippen molar-refractivity contribution in [1.29, 1.82) is 0 Å². The van der Waals surface area contributed by atoms with E-state index in [2.05, 4.69) is 13.8 Å². The smallest absolute Gasteiger partial charge is 0.328 e. The van der Waals surface area contributed by atoms with Gasteiger partial charge in [0.15, 0.2) is 0 Å². The normalized spacial score (nSPS) is 11.4. The Balaban J connectivity index is 2.37. The molecule has 0 radical (unpaired) electrons. The highest BCUT2D eigenvalue weighted by atomic mass is 19.1. The summed E-state index contributed by atoms with van der Waals surface area (Å²) in [6.45, 7) is 5.88. The third kappa shape index (κ3) is 7.58. The van der Waals surface area contributed by atoms with E-state index in [0.717, 1.165) is 6.08 Å². The number of hydrogen-bond acceptors (Lipinski definition) is 3. The molecule has 1 N–H and O–H groups in total. The average molecular weight is 296 g/mol. The Morgan fingerprint density at radius 2 is 2.05 bits per heavy atom. The Labute approximate surface area is 124 Å². The van der Waals surface area contributed by atoms with Gasteiger partial charge in [-0.2, -0.15) is 0 Å². The van der Waals surface area contributed by atoms with Crippen molar-refractivity contribution in [3.63, 3.8) is 0 Å². The fourth-order valence-electron chi connectivity index (χ4n) is 1.57. The zero-order valence-electron chi connectivity index (χ0n) is 12.3. The molecule has 5 heteroatoms. The van der Waals surface area contributed by atoms with Crippen LogP contribution in [0.1, 0.15) is 25.0 Å². The second-order valence-electron chi connectivity index (χ2n) is 5.04. The SMILES string of the molecule is CC(C)COCCOCc1ccc(/C=C/C(=O)O)cc1F. The summed E-state index contributed by atoms with van der Waals surface area (Å²) in [5.74, 6) is -0.997. The number of aliphatic carboxylic acids is 1. The van der Waals surface area contributed by atoms with Crippen LogP contribution < -0.4 is 0 Å². The first-order valence-corrected chi connectivity index (χ1v) is 6.84. The van der Waals surface area contributed by atoms with Crippen LogP contribution in [0.25, 0.3) is 6.08 Å². The molecule has 0 saturated carbocycles. The van der Waals surface area contributed by atoms with Crippen molar-refractivity contribution in [3.8, 4) is 0 Å². The van der Waals surface area contributed by atoms with E-state index >= 15 is 0 Å². The van der Waals surface area contributed by atoms with Gasteiger partial charge in [0.2, 0.25) is 0 Å². The molecule has 4 nitrogen and oxygen atoms in total. The first-order chi connectivity index (χ1) is 9.99. The number of rotatable bonds is 9. The highest BCUT2D eigenvalue weighted by molar-refractivity contribution is 5.85. The molecular weight excluding hydrogens is 275 g/mol. The molecule has 0 saturated heterocycles. The highest BCUT2D eigenvalue weighted by Crippen LogP contribution is 2.13. The number of carboxylic acid groups (broad SMARTS) is 1. The van der Waals surface area contributed by atoms with E-state index in [9.17, 15) is 9.18 Å². The molecule has 0 aliphatic carbocycles. The maximum absolute atomic E-state index is 13.8. The average Bonchev–Trinajstić information content (AvgIpc) is 2.41. The predicted octanol–water partition coefficient (Wildman–Crippen LogP) is 3.11. The molecule has 0 aromatic heterocycles. The first kappa shape index (κ1) is 17.3. The summed E-state index contributed by atoms with van der Waals surface area (Å²) in [5.41, 5.74) is 0.935. The highest BCUT2D eigenvalue weighted by Gasteiger charge is 2.03. The zero-order valence-corrected chi connectivity index (χ0v) is 12.3. The lowest BCUT2D eigenvalue weighted by Crippen LogP contribution is -2.08. The van der Waals surface area contributed by atoms with Crippen molar-refractivity contribution in [2.45, 2.75) is 20.5 Å². The Morgan fingerprint density at radius 3 is 2.67 bits per heavy atom. The van der Waals surface area contributed by atoms with Crippen molar-refractivity contribution in [2.75, 3.05) is 19.8 Å². The van der Waals surface area contributed by atoms with Gasteiger partial charge in [0.05, 0.1) is 19.8 Å². The van der Waals surface area contributed by atoms with Gasteiger partial charge in [0.25, 0.3) is 0 Å². The van der Waals surface area contributed by atoms with Crippen LogP contribution in [0.4, 0.5) is 4.39 Å². The number of halogens is 1. The summed E-state index contributed by atoms with van der Waals surface area (Å²) in [4.78, 5) is 10.4.